The highest BCUT2D eigenvalue weighted by atomic mass is 19.4. The molecule has 21 heavy (non-hydrogen) atoms. The summed E-state index contributed by atoms with van der Waals surface area (Å²) >= 11 is 0. The van der Waals surface area contributed by atoms with E-state index >= 15 is 0 Å². The van der Waals surface area contributed by atoms with Crippen molar-refractivity contribution >= 4 is 5.97 Å². The number of carbonyl (C=O) groups is 1. The molecular weight excluding hydrogens is 281 g/mol. The van der Waals surface area contributed by atoms with E-state index in [4.69, 9.17) is 9.90 Å². The normalized spacial score (nSPS) is 11.3. The van der Waals surface area contributed by atoms with Crippen molar-refractivity contribution in [3.05, 3.63) is 12.2 Å². The summed E-state index contributed by atoms with van der Waals surface area (Å²) in [4.78, 5) is 8.90. The number of hydrogen-bond acceptors (Lipinski definition) is 1. The molecule has 0 aromatic rings. The van der Waals surface area contributed by atoms with Crippen LogP contribution >= 0.6 is 0 Å². The van der Waals surface area contributed by atoms with Crippen LogP contribution in [0, 0.1) is 0 Å². The first-order valence-corrected chi connectivity index (χ1v) is 7.81. The highest BCUT2D eigenvalue weighted by molar-refractivity contribution is 5.73. The fraction of sp³-hybridized carbons (Fsp3) is 0.812. The third-order valence-electron chi connectivity index (χ3n) is 2.86. The quantitative estimate of drug-likeness (QED) is 0.390. The molecule has 0 aliphatic heterocycles. The van der Waals surface area contributed by atoms with Gasteiger partial charge in [-0.05, 0) is 19.3 Å². The Morgan fingerprint density at radius 3 is 1.67 bits per heavy atom. The number of allylic oxidation sites excluding steroid dienone is 2. The molecule has 0 unspecified atom stereocenters. The Bertz CT molecular complexity index is 261. The summed E-state index contributed by atoms with van der Waals surface area (Å²) in [6.45, 7) is 4.53. The van der Waals surface area contributed by atoms with E-state index in [-0.39, 0.29) is 0 Å². The van der Waals surface area contributed by atoms with Gasteiger partial charge in [-0.2, -0.15) is 13.2 Å². The first kappa shape index (κ1) is 22.3. The van der Waals surface area contributed by atoms with Crippen molar-refractivity contribution in [3.8, 4) is 0 Å². The Morgan fingerprint density at radius 1 is 0.857 bits per heavy atom. The molecule has 0 rings (SSSR count). The summed E-state index contributed by atoms with van der Waals surface area (Å²) in [5, 5.41) is 7.12. The van der Waals surface area contributed by atoms with E-state index < -0.39 is 12.1 Å². The topological polar surface area (TPSA) is 37.3 Å². The summed E-state index contributed by atoms with van der Waals surface area (Å²) in [5.74, 6) is -2.76. The lowest BCUT2D eigenvalue weighted by Gasteiger charge is -1.97. The Kier molecular flexibility index (Phi) is 16.3. The lowest BCUT2D eigenvalue weighted by atomic mass is 10.1. The minimum Gasteiger partial charge on any atom is -0.475 e. The number of rotatable bonds is 10. The molecular formula is C16H29F3O2. The van der Waals surface area contributed by atoms with E-state index in [1.807, 2.05) is 0 Å². The molecule has 0 fully saturated rings. The number of carboxylic acids is 1. The molecule has 1 N–H and O–H groups in total. The standard InChI is InChI=1S/C14H28.C2HF3O2/c1-3-5-7-9-11-13-14-12-10-8-6-4-2;3-2(4,5)1(6)7/h9,11H,3-8,10,12-14H2,1-2H3;(H,6,7)/b11-9+;. The Hall–Kier alpha value is -1.00. The third kappa shape index (κ3) is 21.4. The average Bonchev–Trinajstić information content (AvgIpc) is 2.40. The lowest BCUT2D eigenvalue weighted by Crippen LogP contribution is -2.21. The number of halogens is 3. The van der Waals surface area contributed by atoms with Gasteiger partial charge in [-0.3, -0.25) is 0 Å². The minimum absolute atomic E-state index is 1.28. The van der Waals surface area contributed by atoms with Crippen LogP contribution in [-0.4, -0.2) is 17.3 Å². The van der Waals surface area contributed by atoms with Crippen LogP contribution in [0.3, 0.4) is 0 Å². The second-order valence-corrected chi connectivity index (χ2v) is 4.97. The predicted molar refractivity (Wildman–Crippen MR) is 80.3 cm³/mol. The molecule has 0 saturated carbocycles. The first-order valence-electron chi connectivity index (χ1n) is 7.81. The highest BCUT2D eigenvalue weighted by Gasteiger charge is 2.38. The molecule has 0 saturated heterocycles. The Morgan fingerprint density at radius 2 is 1.24 bits per heavy atom. The second-order valence-electron chi connectivity index (χ2n) is 4.97. The van der Waals surface area contributed by atoms with Crippen molar-refractivity contribution in [1.82, 2.24) is 0 Å². The van der Waals surface area contributed by atoms with E-state index in [9.17, 15) is 13.2 Å². The van der Waals surface area contributed by atoms with Crippen molar-refractivity contribution < 1.29 is 23.1 Å². The number of unbranched alkanes of at least 4 members (excludes halogenated alkanes) is 8. The fourth-order valence-electron chi connectivity index (χ4n) is 1.60. The van der Waals surface area contributed by atoms with Crippen LogP contribution in [0.2, 0.25) is 0 Å². The van der Waals surface area contributed by atoms with Gasteiger partial charge in [-0.1, -0.05) is 70.9 Å². The molecule has 0 amide bonds. The van der Waals surface area contributed by atoms with Gasteiger partial charge in [0, 0.05) is 0 Å². The molecule has 0 aliphatic rings. The van der Waals surface area contributed by atoms with Crippen LogP contribution in [0.4, 0.5) is 13.2 Å². The van der Waals surface area contributed by atoms with Gasteiger partial charge in [0.15, 0.2) is 0 Å². The molecule has 2 nitrogen and oxygen atoms in total. The summed E-state index contributed by atoms with van der Waals surface area (Å²) in [6, 6.07) is 0. The summed E-state index contributed by atoms with van der Waals surface area (Å²) in [6.07, 6.45) is 13.4. The van der Waals surface area contributed by atoms with Crippen molar-refractivity contribution in [2.45, 2.75) is 84.2 Å². The van der Waals surface area contributed by atoms with Gasteiger partial charge in [0.25, 0.3) is 0 Å². The fourth-order valence-corrected chi connectivity index (χ4v) is 1.60. The van der Waals surface area contributed by atoms with Crippen LogP contribution in [0.1, 0.15) is 78.1 Å². The third-order valence-corrected chi connectivity index (χ3v) is 2.86. The predicted octanol–water partition coefficient (Wildman–Crippen LogP) is 6.12. The zero-order valence-electron chi connectivity index (χ0n) is 13.2. The molecule has 0 radical (unpaired) electrons. The van der Waals surface area contributed by atoms with Gasteiger partial charge in [0.05, 0.1) is 0 Å². The highest BCUT2D eigenvalue weighted by Crippen LogP contribution is 2.13. The summed E-state index contributed by atoms with van der Waals surface area (Å²) in [7, 11) is 0. The van der Waals surface area contributed by atoms with Gasteiger partial charge in [0.1, 0.15) is 0 Å². The molecule has 0 aromatic carbocycles. The maximum Gasteiger partial charge on any atom is 0.490 e. The Balaban J connectivity index is 0. The molecule has 0 bridgehead atoms. The SMILES string of the molecule is CCCC/C=C/CCCCCCCC.O=C(O)C(F)(F)F. The van der Waals surface area contributed by atoms with Crippen molar-refractivity contribution in [2.24, 2.45) is 0 Å². The van der Waals surface area contributed by atoms with Gasteiger partial charge in [-0.15, -0.1) is 0 Å². The lowest BCUT2D eigenvalue weighted by molar-refractivity contribution is -0.192. The van der Waals surface area contributed by atoms with Gasteiger partial charge in [0.2, 0.25) is 0 Å². The van der Waals surface area contributed by atoms with Crippen LogP contribution in [-0.2, 0) is 4.79 Å². The number of alkyl halides is 3. The van der Waals surface area contributed by atoms with Crippen LogP contribution in [0.15, 0.2) is 12.2 Å². The summed E-state index contributed by atoms with van der Waals surface area (Å²) < 4.78 is 31.7. The molecule has 0 spiro atoms. The van der Waals surface area contributed by atoms with Gasteiger partial charge < -0.3 is 5.11 Å². The first-order chi connectivity index (χ1) is 9.86. The molecule has 0 atom stereocenters. The molecule has 0 aromatic heterocycles. The number of hydrogen-bond donors (Lipinski definition) is 1. The van der Waals surface area contributed by atoms with Crippen LogP contribution < -0.4 is 0 Å². The van der Waals surface area contributed by atoms with Crippen molar-refractivity contribution in [3.63, 3.8) is 0 Å². The molecule has 126 valence electrons. The van der Waals surface area contributed by atoms with Gasteiger partial charge in [-0.25, -0.2) is 4.79 Å². The molecule has 5 heteroatoms. The maximum atomic E-state index is 10.6. The Labute approximate surface area is 126 Å². The van der Waals surface area contributed by atoms with E-state index in [0.29, 0.717) is 0 Å². The van der Waals surface area contributed by atoms with Gasteiger partial charge >= 0.3 is 12.1 Å². The van der Waals surface area contributed by atoms with Crippen LogP contribution in [0.5, 0.6) is 0 Å². The monoisotopic (exact) mass is 310 g/mol. The van der Waals surface area contributed by atoms with E-state index in [1.165, 1.54) is 64.2 Å². The number of carboxylic acid groups (broad SMARTS) is 1. The average molecular weight is 310 g/mol. The van der Waals surface area contributed by atoms with E-state index in [2.05, 4.69) is 26.0 Å². The zero-order valence-corrected chi connectivity index (χ0v) is 13.2. The molecule has 0 heterocycles. The van der Waals surface area contributed by atoms with Crippen molar-refractivity contribution in [1.29, 1.82) is 0 Å². The largest absolute Gasteiger partial charge is 0.490 e. The minimum atomic E-state index is -5.08. The molecule has 0 aliphatic carbocycles. The zero-order chi connectivity index (χ0) is 16.6. The number of aliphatic carboxylic acids is 1. The second kappa shape index (κ2) is 15.4. The van der Waals surface area contributed by atoms with Crippen molar-refractivity contribution in [2.75, 3.05) is 0 Å². The van der Waals surface area contributed by atoms with E-state index in [0.717, 1.165) is 0 Å². The van der Waals surface area contributed by atoms with E-state index in [1.54, 1.807) is 0 Å². The van der Waals surface area contributed by atoms with Crippen LogP contribution in [0.25, 0.3) is 0 Å². The maximum absolute atomic E-state index is 10.6. The summed E-state index contributed by atoms with van der Waals surface area (Å²) in [5.41, 5.74) is 0. The smallest absolute Gasteiger partial charge is 0.475 e.